The number of halogens is 1. The third-order valence-electron chi connectivity index (χ3n) is 3.62. The van der Waals surface area contributed by atoms with Crippen molar-refractivity contribution >= 4 is 33.6 Å². The molecule has 0 radical (unpaired) electrons. The topological polar surface area (TPSA) is 88.3 Å². The summed E-state index contributed by atoms with van der Waals surface area (Å²) in [6.45, 7) is 2.96. The van der Waals surface area contributed by atoms with Crippen LogP contribution in [0.25, 0.3) is 0 Å². The lowest BCUT2D eigenvalue weighted by Crippen LogP contribution is -2.45. The number of hydrogen-bond acceptors (Lipinski definition) is 4. The summed E-state index contributed by atoms with van der Waals surface area (Å²) in [6.07, 6.45) is 3.57. The van der Waals surface area contributed by atoms with E-state index >= 15 is 0 Å². The molecule has 1 aromatic heterocycles. The van der Waals surface area contributed by atoms with Gasteiger partial charge in [0, 0.05) is 36.2 Å². The lowest BCUT2D eigenvalue weighted by atomic mass is 9.96. The monoisotopic (exact) mass is 368 g/mol. The van der Waals surface area contributed by atoms with Crippen LogP contribution in [0.5, 0.6) is 0 Å². The first-order chi connectivity index (χ1) is 10.5. The van der Waals surface area contributed by atoms with Crippen molar-refractivity contribution in [3.8, 4) is 0 Å². The molecule has 1 saturated heterocycles. The van der Waals surface area contributed by atoms with E-state index in [1.807, 2.05) is 13.0 Å². The van der Waals surface area contributed by atoms with Gasteiger partial charge in [0.15, 0.2) is 0 Å². The number of amides is 2. The fraction of sp³-hybridized carbons (Fsp3) is 0.533. The molecule has 2 amide bonds. The summed E-state index contributed by atoms with van der Waals surface area (Å²) in [5, 5.41) is 2.81. The van der Waals surface area contributed by atoms with Gasteiger partial charge in [-0.3, -0.25) is 9.59 Å². The van der Waals surface area contributed by atoms with Gasteiger partial charge >= 0.3 is 0 Å². The first-order valence-corrected chi connectivity index (χ1v) is 8.21. The molecule has 0 spiro atoms. The second kappa shape index (κ2) is 7.69. The molecule has 1 aliphatic rings. The summed E-state index contributed by atoms with van der Waals surface area (Å²) >= 11 is 3.30. The van der Waals surface area contributed by atoms with Crippen molar-refractivity contribution in [1.82, 2.24) is 9.88 Å². The van der Waals surface area contributed by atoms with Crippen molar-refractivity contribution in [2.24, 2.45) is 11.7 Å². The number of carbonyl (C=O) groups is 2. The zero-order valence-electron chi connectivity index (χ0n) is 12.6. The molecule has 2 heterocycles. The molecular formula is C15H21BrN4O2. The van der Waals surface area contributed by atoms with E-state index in [1.54, 1.807) is 17.2 Å². The standard InChI is InChI=1S/C15H21BrN4O2/c1-10(17)7-14(21)20-6-2-3-11(9-20)15(22)19-13-5-4-12(16)8-18-13/h4-5,8,10-11H,2-3,6-7,9,17H2,1H3,(H,18,19,22). The Morgan fingerprint density at radius 3 is 2.95 bits per heavy atom. The van der Waals surface area contributed by atoms with E-state index in [-0.39, 0.29) is 23.8 Å². The molecule has 22 heavy (non-hydrogen) atoms. The summed E-state index contributed by atoms with van der Waals surface area (Å²) < 4.78 is 0.857. The Balaban J connectivity index is 1.92. The van der Waals surface area contributed by atoms with Crippen LogP contribution in [-0.2, 0) is 9.59 Å². The Morgan fingerprint density at radius 2 is 2.32 bits per heavy atom. The Hall–Kier alpha value is -1.47. The van der Waals surface area contributed by atoms with Gasteiger partial charge in [-0.25, -0.2) is 4.98 Å². The molecule has 0 bridgehead atoms. The fourth-order valence-electron chi connectivity index (χ4n) is 2.50. The van der Waals surface area contributed by atoms with Crippen LogP contribution in [0.2, 0.25) is 0 Å². The van der Waals surface area contributed by atoms with Crippen molar-refractivity contribution in [1.29, 1.82) is 0 Å². The van der Waals surface area contributed by atoms with Crippen molar-refractivity contribution in [3.05, 3.63) is 22.8 Å². The molecule has 2 rings (SSSR count). The fourth-order valence-corrected chi connectivity index (χ4v) is 2.73. The number of anilines is 1. The van der Waals surface area contributed by atoms with E-state index in [9.17, 15) is 9.59 Å². The van der Waals surface area contributed by atoms with Gasteiger partial charge in [-0.2, -0.15) is 0 Å². The van der Waals surface area contributed by atoms with Crippen molar-refractivity contribution in [3.63, 3.8) is 0 Å². The largest absolute Gasteiger partial charge is 0.342 e. The molecule has 0 aliphatic carbocycles. The molecule has 7 heteroatoms. The second-order valence-corrected chi connectivity index (χ2v) is 6.63. The third kappa shape index (κ3) is 4.78. The van der Waals surface area contributed by atoms with E-state index in [0.717, 1.165) is 17.3 Å². The lowest BCUT2D eigenvalue weighted by Gasteiger charge is -2.32. The summed E-state index contributed by atoms with van der Waals surface area (Å²) in [5.41, 5.74) is 5.67. The molecular weight excluding hydrogens is 348 g/mol. The van der Waals surface area contributed by atoms with Crippen LogP contribution in [0, 0.1) is 5.92 Å². The van der Waals surface area contributed by atoms with Crippen LogP contribution < -0.4 is 11.1 Å². The Kier molecular flexibility index (Phi) is 5.90. The number of nitrogens with one attached hydrogen (secondary N) is 1. The lowest BCUT2D eigenvalue weighted by molar-refractivity contribution is -0.134. The highest BCUT2D eigenvalue weighted by molar-refractivity contribution is 9.10. The van der Waals surface area contributed by atoms with Gasteiger partial charge in [-0.1, -0.05) is 0 Å². The number of hydrogen-bond donors (Lipinski definition) is 2. The predicted molar refractivity (Wildman–Crippen MR) is 88.1 cm³/mol. The normalized spacial score (nSPS) is 19.6. The zero-order chi connectivity index (χ0) is 16.1. The number of nitrogens with zero attached hydrogens (tertiary/aromatic N) is 2. The SMILES string of the molecule is CC(N)CC(=O)N1CCCC(C(=O)Nc2ccc(Br)cn2)C1. The molecule has 1 aliphatic heterocycles. The summed E-state index contributed by atoms with van der Waals surface area (Å²) in [6, 6.07) is 3.40. The van der Waals surface area contributed by atoms with Gasteiger partial charge in [0.2, 0.25) is 11.8 Å². The van der Waals surface area contributed by atoms with Crippen molar-refractivity contribution in [2.75, 3.05) is 18.4 Å². The summed E-state index contributed by atoms with van der Waals surface area (Å²) in [5.74, 6) is 0.255. The average molecular weight is 369 g/mol. The van der Waals surface area contributed by atoms with Crippen LogP contribution in [0.15, 0.2) is 22.8 Å². The third-order valence-corrected chi connectivity index (χ3v) is 4.09. The Labute approximate surface area is 138 Å². The maximum atomic E-state index is 12.3. The quantitative estimate of drug-likeness (QED) is 0.847. The molecule has 120 valence electrons. The number of rotatable bonds is 4. The molecule has 1 fully saturated rings. The molecule has 6 nitrogen and oxygen atoms in total. The van der Waals surface area contributed by atoms with Crippen LogP contribution in [-0.4, -0.2) is 40.8 Å². The van der Waals surface area contributed by atoms with Crippen LogP contribution in [0.4, 0.5) is 5.82 Å². The maximum absolute atomic E-state index is 12.3. The minimum Gasteiger partial charge on any atom is -0.342 e. The van der Waals surface area contributed by atoms with Gasteiger partial charge in [0.1, 0.15) is 5.82 Å². The van der Waals surface area contributed by atoms with Crippen molar-refractivity contribution in [2.45, 2.75) is 32.2 Å². The number of piperidine rings is 1. The molecule has 0 aromatic carbocycles. The molecule has 0 saturated carbocycles. The molecule has 2 unspecified atom stereocenters. The van der Waals surface area contributed by atoms with E-state index in [1.165, 1.54) is 0 Å². The highest BCUT2D eigenvalue weighted by Gasteiger charge is 2.28. The molecule has 2 atom stereocenters. The smallest absolute Gasteiger partial charge is 0.230 e. The Morgan fingerprint density at radius 1 is 1.55 bits per heavy atom. The van der Waals surface area contributed by atoms with Gasteiger partial charge < -0.3 is 16.0 Å². The van der Waals surface area contributed by atoms with Crippen LogP contribution >= 0.6 is 15.9 Å². The number of aromatic nitrogens is 1. The first-order valence-electron chi connectivity index (χ1n) is 7.41. The predicted octanol–water partition coefficient (Wildman–Crippen LogP) is 1.76. The minimum absolute atomic E-state index is 0.0225. The molecule has 1 aromatic rings. The summed E-state index contributed by atoms with van der Waals surface area (Å²) in [4.78, 5) is 30.3. The number of likely N-dealkylation sites (tertiary alicyclic amines) is 1. The number of pyridine rings is 1. The van der Waals surface area contributed by atoms with Gasteiger partial charge in [-0.05, 0) is 47.8 Å². The Bertz CT molecular complexity index is 533. The minimum atomic E-state index is -0.198. The number of carbonyl (C=O) groups excluding carboxylic acids is 2. The average Bonchev–Trinajstić information content (AvgIpc) is 2.49. The summed E-state index contributed by atoms with van der Waals surface area (Å²) in [7, 11) is 0. The highest BCUT2D eigenvalue weighted by atomic mass is 79.9. The van der Waals surface area contributed by atoms with Crippen LogP contribution in [0.3, 0.4) is 0 Å². The molecule has 3 N–H and O–H groups in total. The highest BCUT2D eigenvalue weighted by Crippen LogP contribution is 2.19. The van der Waals surface area contributed by atoms with E-state index < -0.39 is 0 Å². The van der Waals surface area contributed by atoms with Crippen molar-refractivity contribution < 1.29 is 9.59 Å². The van der Waals surface area contributed by atoms with E-state index in [0.29, 0.717) is 25.3 Å². The van der Waals surface area contributed by atoms with Crippen LogP contribution in [0.1, 0.15) is 26.2 Å². The first kappa shape index (κ1) is 16.9. The van der Waals surface area contributed by atoms with E-state index in [2.05, 4.69) is 26.2 Å². The van der Waals surface area contributed by atoms with Gasteiger partial charge in [-0.15, -0.1) is 0 Å². The maximum Gasteiger partial charge on any atom is 0.230 e. The zero-order valence-corrected chi connectivity index (χ0v) is 14.2. The van der Waals surface area contributed by atoms with E-state index in [4.69, 9.17) is 5.73 Å². The second-order valence-electron chi connectivity index (χ2n) is 5.71. The number of nitrogens with two attached hydrogens (primary N) is 1. The van der Waals surface area contributed by atoms with Gasteiger partial charge in [0.25, 0.3) is 0 Å². The van der Waals surface area contributed by atoms with Gasteiger partial charge in [0.05, 0.1) is 5.92 Å².